The topological polar surface area (TPSA) is 129 Å². The number of carbonyl (C=O) groups is 2. The molecule has 0 saturated carbocycles. The highest BCUT2D eigenvalue weighted by Gasteiger charge is 2.37. The summed E-state index contributed by atoms with van der Waals surface area (Å²) in [6.07, 6.45) is 0.655. The van der Waals surface area contributed by atoms with Crippen molar-refractivity contribution >= 4 is 46.2 Å². The maximum Gasteiger partial charge on any atom is 0.337 e. The monoisotopic (exact) mass is 575 g/mol. The highest BCUT2D eigenvalue weighted by atomic mass is 35.5. The first-order chi connectivity index (χ1) is 19.3. The van der Waals surface area contributed by atoms with E-state index in [0.29, 0.717) is 22.8 Å². The second-order valence-corrected chi connectivity index (χ2v) is 11.7. The van der Waals surface area contributed by atoms with E-state index < -0.39 is 28.8 Å². The number of benzene rings is 2. The van der Waals surface area contributed by atoms with Gasteiger partial charge < -0.3 is 25.1 Å². The van der Waals surface area contributed by atoms with Gasteiger partial charge in [0.2, 0.25) is 0 Å². The third-order valence-electron chi connectivity index (χ3n) is 7.39. The van der Waals surface area contributed by atoms with Crippen molar-refractivity contribution in [3.63, 3.8) is 0 Å². The Labute approximate surface area is 241 Å². The molecule has 0 unspecified atom stereocenters. The van der Waals surface area contributed by atoms with Crippen LogP contribution in [0, 0.1) is 12.3 Å². The van der Waals surface area contributed by atoms with Crippen LogP contribution in [0.25, 0.3) is 0 Å². The number of hydrogen-bond acceptors (Lipinski definition) is 7. The molecule has 3 N–H and O–H groups in total. The number of carboxylic acid groups (broad SMARTS) is 1. The molecule has 1 aromatic heterocycles. The number of fused-ring (bicyclic) bond motifs is 1. The highest BCUT2D eigenvalue weighted by molar-refractivity contribution is 6.33. The maximum atomic E-state index is 13.8. The number of amides is 1. The Hall–Kier alpha value is -4.37. The van der Waals surface area contributed by atoms with Gasteiger partial charge in [-0.3, -0.25) is 14.4 Å². The van der Waals surface area contributed by atoms with E-state index in [4.69, 9.17) is 16.0 Å². The van der Waals surface area contributed by atoms with Gasteiger partial charge in [0.05, 0.1) is 35.1 Å². The van der Waals surface area contributed by atoms with Gasteiger partial charge in [-0.05, 0) is 60.7 Å². The van der Waals surface area contributed by atoms with Gasteiger partial charge in [-0.15, -0.1) is 0 Å². The molecule has 10 heteroatoms. The molecule has 41 heavy (non-hydrogen) atoms. The van der Waals surface area contributed by atoms with Crippen LogP contribution >= 0.6 is 11.6 Å². The Kier molecular flexibility index (Phi) is 7.03. The molecular formula is C31H30ClN3O6. The zero-order valence-electron chi connectivity index (χ0n) is 23.3. The maximum absolute atomic E-state index is 13.8. The van der Waals surface area contributed by atoms with E-state index in [1.807, 2.05) is 46.8 Å². The summed E-state index contributed by atoms with van der Waals surface area (Å²) >= 11 is 6.50. The number of nitrogens with zero attached hydrogens (tertiary/aromatic N) is 1. The van der Waals surface area contributed by atoms with E-state index in [1.165, 1.54) is 11.0 Å². The molecule has 212 valence electrons. The number of nitrogens with one attached hydrogen (secondary N) is 2. The molecule has 1 atom stereocenters. The quantitative estimate of drug-likeness (QED) is 0.212. The molecule has 0 spiro atoms. The predicted molar refractivity (Wildman–Crippen MR) is 159 cm³/mol. The summed E-state index contributed by atoms with van der Waals surface area (Å²) in [7, 11) is 0. The minimum absolute atomic E-state index is 0.00988. The third kappa shape index (κ3) is 4.91. The second-order valence-electron chi connectivity index (χ2n) is 11.3. The lowest BCUT2D eigenvalue weighted by molar-refractivity contribution is 0.0697. The fourth-order valence-corrected chi connectivity index (χ4v) is 5.35. The molecule has 5 rings (SSSR count). The number of hydrogen-bond donors (Lipinski definition) is 3. The van der Waals surface area contributed by atoms with E-state index in [-0.39, 0.29) is 45.8 Å². The zero-order valence-corrected chi connectivity index (χ0v) is 24.1. The number of halogens is 1. The molecule has 2 heterocycles. The number of furan rings is 1. The first-order valence-corrected chi connectivity index (χ1v) is 13.6. The lowest BCUT2D eigenvalue weighted by atomic mass is 9.85. The van der Waals surface area contributed by atoms with Crippen LogP contribution in [0.5, 0.6) is 0 Å². The SMILES string of the molecule is CCc1ccc(C(=O)O)c(N2Cc3c(Cl)ccc(Nc4c(N[C@@H](c5ccc(C)o5)C(C)(C)C)c(=O)c4=O)c3C2=O)c1. The molecule has 9 nitrogen and oxygen atoms in total. The molecule has 4 aromatic rings. The van der Waals surface area contributed by atoms with Crippen molar-refractivity contribution in [2.75, 3.05) is 15.5 Å². The van der Waals surface area contributed by atoms with Gasteiger partial charge in [0.1, 0.15) is 22.9 Å². The lowest BCUT2D eigenvalue weighted by Gasteiger charge is -2.31. The number of anilines is 4. The van der Waals surface area contributed by atoms with E-state index in [9.17, 15) is 24.3 Å². The summed E-state index contributed by atoms with van der Waals surface area (Å²) < 4.78 is 5.83. The van der Waals surface area contributed by atoms with Crippen LogP contribution in [0.3, 0.4) is 0 Å². The second kappa shape index (κ2) is 10.2. The number of carboxylic acids is 1. The summed E-state index contributed by atoms with van der Waals surface area (Å²) in [5, 5.41) is 16.3. The van der Waals surface area contributed by atoms with Gasteiger partial charge in [-0.25, -0.2) is 4.79 Å². The average Bonchev–Trinajstić information content (AvgIpc) is 3.51. The van der Waals surface area contributed by atoms with Gasteiger partial charge >= 0.3 is 5.97 Å². The first kappa shape index (κ1) is 28.2. The van der Waals surface area contributed by atoms with Crippen LogP contribution < -0.4 is 26.4 Å². The minimum atomic E-state index is -1.16. The van der Waals surface area contributed by atoms with E-state index >= 15 is 0 Å². The van der Waals surface area contributed by atoms with E-state index in [0.717, 1.165) is 11.3 Å². The largest absolute Gasteiger partial charge is 0.478 e. The van der Waals surface area contributed by atoms with Crippen molar-refractivity contribution in [2.45, 2.75) is 53.6 Å². The van der Waals surface area contributed by atoms with Gasteiger partial charge in [0.25, 0.3) is 16.8 Å². The van der Waals surface area contributed by atoms with Gasteiger partial charge in [0.15, 0.2) is 0 Å². The Bertz CT molecular complexity index is 1770. The van der Waals surface area contributed by atoms with Gasteiger partial charge in [-0.1, -0.05) is 45.4 Å². The van der Waals surface area contributed by atoms with Crippen molar-refractivity contribution in [2.24, 2.45) is 5.41 Å². The number of rotatable bonds is 8. The summed E-state index contributed by atoms with van der Waals surface area (Å²) in [6.45, 7) is 9.77. The third-order valence-corrected chi connectivity index (χ3v) is 7.75. The van der Waals surface area contributed by atoms with Crippen LogP contribution in [-0.4, -0.2) is 17.0 Å². The van der Waals surface area contributed by atoms with E-state index in [1.54, 1.807) is 24.3 Å². The number of aryl methyl sites for hydroxylation is 2. The van der Waals surface area contributed by atoms with Crippen molar-refractivity contribution in [3.05, 3.63) is 102 Å². The van der Waals surface area contributed by atoms with Gasteiger partial charge in [-0.2, -0.15) is 0 Å². The smallest absolute Gasteiger partial charge is 0.337 e. The molecule has 1 aliphatic rings. The highest BCUT2D eigenvalue weighted by Crippen LogP contribution is 2.41. The molecule has 0 radical (unpaired) electrons. The fraction of sp³-hybridized carbons (Fsp3) is 0.290. The Morgan fingerprint density at radius 3 is 2.39 bits per heavy atom. The van der Waals surface area contributed by atoms with Crippen molar-refractivity contribution < 1.29 is 19.1 Å². The molecule has 0 saturated heterocycles. The van der Waals surface area contributed by atoms with Crippen LogP contribution in [0.2, 0.25) is 5.02 Å². The summed E-state index contributed by atoms with van der Waals surface area (Å²) in [5.41, 5.74) is 0.472. The summed E-state index contributed by atoms with van der Waals surface area (Å²) in [4.78, 5) is 52.6. The molecule has 3 aromatic carbocycles. The molecule has 0 aliphatic carbocycles. The fourth-order valence-electron chi connectivity index (χ4n) is 5.14. The standard InChI is InChI=1S/C31H30ClN3O6/c1-6-16-8-9-17(30(39)40)21(13-16)35-14-18-19(32)10-11-20(23(18)29(35)38)33-24-25(27(37)26(24)36)34-28(31(3,4)5)22-12-7-15(2)41-22/h7-13,28,33-34H,6,14H2,1-5H3,(H,39,40)/t28-/m0/s1. The predicted octanol–water partition coefficient (Wildman–Crippen LogP) is 6.20. The zero-order chi connectivity index (χ0) is 29.8. The van der Waals surface area contributed by atoms with Crippen molar-refractivity contribution in [1.82, 2.24) is 0 Å². The molecule has 1 amide bonds. The van der Waals surface area contributed by atoms with Crippen LogP contribution in [0.4, 0.5) is 22.7 Å². The molecule has 0 bridgehead atoms. The van der Waals surface area contributed by atoms with Crippen molar-refractivity contribution in [1.29, 1.82) is 0 Å². The van der Waals surface area contributed by atoms with Crippen molar-refractivity contribution in [3.8, 4) is 0 Å². The Morgan fingerprint density at radius 1 is 1.07 bits per heavy atom. The minimum Gasteiger partial charge on any atom is -0.478 e. The van der Waals surface area contributed by atoms with Gasteiger partial charge in [0, 0.05) is 10.6 Å². The Morgan fingerprint density at radius 2 is 1.78 bits per heavy atom. The molecule has 0 fully saturated rings. The van der Waals surface area contributed by atoms with Crippen LogP contribution in [-0.2, 0) is 13.0 Å². The normalized spacial score (nSPS) is 13.9. The lowest BCUT2D eigenvalue weighted by Crippen LogP contribution is -2.39. The first-order valence-electron chi connectivity index (χ1n) is 13.2. The average molecular weight is 576 g/mol. The van der Waals surface area contributed by atoms with Crippen LogP contribution in [0.15, 0.2) is 56.5 Å². The summed E-state index contributed by atoms with van der Waals surface area (Å²) in [6, 6.07) is 11.3. The van der Waals surface area contributed by atoms with Crippen LogP contribution in [0.1, 0.15) is 77.1 Å². The Balaban J connectivity index is 1.52. The summed E-state index contributed by atoms with van der Waals surface area (Å²) in [5.74, 6) is -0.284. The molecular weight excluding hydrogens is 546 g/mol. The number of carbonyl (C=O) groups excluding carboxylic acids is 1. The van der Waals surface area contributed by atoms with E-state index in [2.05, 4.69) is 10.6 Å². The molecule has 1 aliphatic heterocycles. The number of aromatic carboxylic acids is 1.